The Kier molecular flexibility index (Phi) is 2.76. The molecule has 0 fully saturated rings. The molecule has 1 unspecified atom stereocenters. The summed E-state index contributed by atoms with van der Waals surface area (Å²) in [6.45, 7) is 4.27. The van der Waals surface area contributed by atoms with Gasteiger partial charge >= 0.3 is 0 Å². The molecule has 4 nitrogen and oxygen atoms in total. The van der Waals surface area contributed by atoms with Crippen LogP contribution in [-0.4, -0.2) is 21.2 Å². The van der Waals surface area contributed by atoms with Gasteiger partial charge in [-0.25, -0.2) is 0 Å². The van der Waals surface area contributed by atoms with Crippen LogP contribution in [0.1, 0.15) is 20.3 Å². The number of nitrogens with one attached hydrogen (secondary N) is 1. The fourth-order valence-corrected chi connectivity index (χ4v) is 1.37. The van der Waals surface area contributed by atoms with Gasteiger partial charge in [0, 0.05) is 12.2 Å². The van der Waals surface area contributed by atoms with Gasteiger partial charge in [0.1, 0.15) is 11.0 Å². The van der Waals surface area contributed by atoms with Crippen molar-refractivity contribution >= 4 is 16.7 Å². The molecule has 2 aromatic rings. The van der Waals surface area contributed by atoms with Gasteiger partial charge in [0.05, 0.1) is 11.9 Å². The van der Waals surface area contributed by atoms with Crippen molar-refractivity contribution in [2.24, 2.45) is 0 Å². The van der Waals surface area contributed by atoms with E-state index in [-0.39, 0.29) is 0 Å². The van der Waals surface area contributed by atoms with Gasteiger partial charge in [-0.1, -0.05) is 6.92 Å². The van der Waals surface area contributed by atoms with Crippen molar-refractivity contribution in [3.05, 3.63) is 24.5 Å². The molecule has 2 heterocycles. The summed E-state index contributed by atoms with van der Waals surface area (Å²) >= 11 is 0. The smallest absolute Gasteiger partial charge is 0.115 e. The van der Waals surface area contributed by atoms with E-state index >= 15 is 0 Å². The van der Waals surface area contributed by atoms with Crippen LogP contribution in [0.2, 0.25) is 0 Å². The largest absolute Gasteiger partial charge is 0.379 e. The number of hydrogen-bond donors (Lipinski definition) is 1. The van der Waals surface area contributed by atoms with Crippen molar-refractivity contribution < 1.29 is 0 Å². The van der Waals surface area contributed by atoms with E-state index < -0.39 is 0 Å². The summed E-state index contributed by atoms with van der Waals surface area (Å²) in [5.74, 6) is 0. The molecule has 0 aliphatic heterocycles. The maximum atomic E-state index is 4.30. The van der Waals surface area contributed by atoms with Gasteiger partial charge in [0.2, 0.25) is 0 Å². The Hall–Kier alpha value is -1.71. The molecule has 0 spiro atoms. The highest BCUT2D eigenvalue weighted by atomic mass is 15.1. The predicted molar refractivity (Wildman–Crippen MR) is 60.7 cm³/mol. The van der Waals surface area contributed by atoms with Crippen LogP contribution in [0.25, 0.3) is 11.0 Å². The average molecular weight is 202 g/mol. The van der Waals surface area contributed by atoms with Crippen LogP contribution < -0.4 is 5.32 Å². The standard InChI is InChI=1S/C11H14N4/c1-3-8(2)14-10-7-13-15-9-5-4-6-12-11(9)10/h4-8H,3H2,1-2H3,(H,14,15). The van der Waals surface area contributed by atoms with Crippen molar-refractivity contribution in [1.82, 2.24) is 15.2 Å². The van der Waals surface area contributed by atoms with Gasteiger partial charge in [-0.05, 0) is 25.5 Å². The SMILES string of the molecule is CCC(C)Nc1cnnc2cccnc12. The number of rotatable bonds is 3. The lowest BCUT2D eigenvalue weighted by Gasteiger charge is -2.13. The molecular formula is C11H14N4. The Balaban J connectivity index is 2.42. The molecule has 15 heavy (non-hydrogen) atoms. The normalized spacial score (nSPS) is 12.7. The van der Waals surface area contributed by atoms with Crippen LogP contribution in [0.4, 0.5) is 5.69 Å². The summed E-state index contributed by atoms with van der Waals surface area (Å²) < 4.78 is 0. The first-order valence-electron chi connectivity index (χ1n) is 5.14. The quantitative estimate of drug-likeness (QED) is 0.829. The lowest BCUT2D eigenvalue weighted by Crippen LogP contribution is -2.14. The highest BCUT2D eigenvalue weighted by Gasteiger charge is 2.05. The van der Waals surface area contributed by atoms with Crippen LogP contribution in [0.3, 0.4) is 0 Å². The molecule has 2 rings (SSSR count). The molecule has 0 saturated heterocycles. The number of anilines is 1. The molecule has 0 aliphatic rings. The van der Waals surface area contributed by atoms with Crippen LogP contribution >= 0.6 is 0 Å². The van der Waals surface area contributed by atoms with E-state index in [2.05, 4.69) is 34.3 Å². The number of hydrogen-bond acceptors (Lipinski definition) is 4. The molecule has 1 N–H and O–H groups in total. The van der Waals surface area contributed by atoms with E-state index in [1.165, 1.54) is 0 Å². The van der Waals surface area contributed by atoms with Crippen molar-refractivity contribution in [3.8, 4) is 0 Å². The lowest BCUT2D eigenvalue weighted by atomic mass is 10.2. The summed E-state index contributed by atoms with van der Waals surface area (Å²) in [5, 5.41) is 11.3. The number of nitrogens with zero attached hydrogens (tertiary/aromatic N) is 3. The van der Waals surface area contributed by atoms with Crippen LogP contribution in [0.5, 0.6) is 0 Å². The minimum atomic E-state index is 0.416. The van der Waals surface area contributed by atoms with Crippen LogP contribution in [-0.2, 0) is 0 Å². The zero-order valence-corrected chi connectivity index (χ0v) is 8.94. The van der Waals surface area contributed by atoms with E-state index in [1.807, 2.05) is 12.1 Å². The minimum absolute atomic E-state index is 0.416. The third-order valence-electron chi connectivity index (χ3n) is 2.41. The molecule has 0 radical (unpaired) electrons. The summed E-state index contributed by atoms with van der Waals surface area (Å²) in [6.07, 6.45) is 4.56. The zero-order valence-electron chi connectivity index (χ0n) is 8.94. The number of fused-ring (bicyclic) bond motifs is 1. The number of aromatic nitrogens is 3. The molecule has 78 valence electrons. The fourth-order valence-electron chi connectivity index (χ4n) is 1.37. The van der Waals surface area contributed by atoms with Gasteiger partial charge in [-0.3, -0.25) is 4.98 Å². The second kappa shape index (κ2) is 4.21. The lowest BCUT2D eigenvalue weighted by molar-refractivity contribution is 0.763. The van der Waals surface area contributed by atoms with E-state index in [9.17, 15) is 0 Å². The van der Waals surface area contributed by atoms with Crippen LogP contribution in [0, 0.1) is 0 Å². The highest BCUT2D eigenvalue weighted by Crippen LogP contribution is 2.18. The van der Waals surface area contributed by atoms with E-state index in [0.29, 0.717) is 6.04 Å². The zero-order chi connectivity index (χ0) is 10.7. The third kappa shape index (κ3) is 2.03. The van der Waals surface area contributed by atoms with Gasteiger partial charge in [-0.15, -0.1) is 5.10 Å². The second-order valence-corrected chi connectivity index (χ2v) is 3.58. The minimum Gasteiger partial charge on any atom is -0.379 e. The second-order valence-electron chi connectivity index (χ2n) is 3.58. The van der Waals surface area contributed by atoms with E-state index in [4.69, 9.17) is 0 Å². The molecule has 0 saturated carbocycles. The van der Waals surface area contributed by atoms with Crippen LogP contribution in [0.15, 0.2) is 24.5 Å². The highest BCUT2D eigenvalue weighted by molar-refractivity contribution is 5.86. The first kappa shape index (κ1) is 9.83. The number of pyridine rings is 1. The molecular weight excluding hydrogens is 188 g/mol. The molecule has 0 bridgehead atoms. The summed E-state index contributed by atoms with van der Waals surface area (Å²) in [7, 11) is 0. The van der Waals surface area contributed by atoms with E-state index in [1.54, 1.807) is 12.4 Å². The summed E-state index contributed by atoms with van der Waals surface area (Å²) in [4.78, 5) is 4.30. The maximum Gasteiger partial charge on any atom is 0.115 e. The van der Waals surface area contributed by atoms with Crippen molar-refractivity contribution in [2.75, 3.05) is 5.32 Å². The monoisotopic (exact) mass is 202 g/mol. The Bertz CT molecular complexity index is 450. The van der Waals surface area contributed by atoms with Gasteiger partial charge in [0.15, 0.2) is 0 Å². The van der Waals surface area contributed by atoms with Crippen molar-refractivity contribution in [3.63, 3.8) is 0 Å². The molecule has 0 amide bonds. The third-order valence-corrected chi connectivity index (χ3v) is 2.41. The van der Waals surface area contributed by atoms with Gasteiger partial charge < -0.3 is 5.32 Å². The van der Waals surface area contributed by atoms with Gasteiger partial charge in [0.25, 0.3) is 0 Å². The Morgan fingerprint density at radius 3 is 3.13 bits per heavy atom. The van der Waals surface area contributed by atoms with Crippen molar-refractivity contribution in [1.29, 1.82) is 0 Å². The van der Waals surface area contributed by atoms with Gasteiger partial charge in [-0.2, -0.15) is 5.10 Å². The predicted octanol–water partition coefficient (Wildman–Crippen LogP) is 2.24. The van der Waals surface area contributed by atoms with E-state index in [0.717, 1.165) is 23.1 Å². The average Bonchev–Trinajstić information content (AvgIpc) is 2.29. The Morgan fingerprint density at radius 1 is 1.47 bits per heavy atom. The summed E-state index contributed by atoms with van der Waals surface area (Å²) in [5.41, 5.74) is 2.66. The molecule has 1 atom stereocenters. The van der Waals surface area contributed by atoms with Crippen molar-refractivity contribution in [2.45, 2.75) is 26.3 Å². The molecule has 4 heteroatoms. The molecule has 0 aromatic carbocycles. The Morgan fingerprint density at radius 2 is 2.33 bits per heavy atom. The summed E-state index contributed by atoms with van der Waals surface area (Å²) in [6, 6.07) is 4.20. The first-order chi connectivity index (χ1) is 7.31. The molecule has 2 aromatic heterocycles. The fraction of sp³-hybridized carbons (Fsp3) is 0.364. The molecule has 0 aliphatic carbocycles. The maximum absolute atomic E-state index is 4.30. The Labute approximate surface area is 88.8 Å². The topological polar surface area (TPSA) is 50.7 Å². The first-order valence-corrected chi connectivity index (χ1v) is 5.14.